The average Bonchev–Trinajstić information content (AvgIpc) is 2.38. The van der Waals surface area contributed by atoms with Crippen LogP contribution in [0.15, 0.2) is 42.6 Å². The summed E-state index contributed by atoms with van der Waals surface area (Å²) < 4.78 is 37.3. The van der Waals surface area contributed by atoms with Gasteiger partial charge in [0.2, 0.25) is 0 Å². The molecular weight excluding hydrogens is 257 g/mol. The predicted octanol–water partition coefficient (Wildman–Crippen LogP) is 2.87. The van der Waals surface area contributed by atoms with Crippen molar-refractivity contribution in [3.8, 4) is 11.3 Å². The van der Waals surface area contributed by atoms with Crippen molar-refractivity contribution in [1.82, 2.24) is 4.98 Å². The van der Waals surface area contributed by atoms with E-state index in [0.717, 1.165) is 12.1 Å². The van der Waals surface area contributed by atoms with Gasteiger partial charge < -0.3 is 5.73 Å². The summed E-state index contributed by atoms with van der Waals surface area (Å²) in [6, 6.07) is 7.41. The SMILES string of the molecule is NC(=O)c1cccnc1-c1ccc(C(F)(F)F)cc1. The Hall–Kier alpha value is -2.37. The number of hydrogen-bond donors (Lipinski definition) is 1. The summed E-state index contributed by atoms with van der Waals surface area (Å²) in [6.45, 7) is 0. The van der Waals surface area contributed by atoms with Crippen LogP contribution in [0.2, 0.25) is 0 Å². The van der Waals surface area contributed by atoms with E-state index >= 15 is 0 Å². The van der Waals surface area contributed by atoms with E-state index in [9.17, 15) is 18.0 Å². The standard InChI is InChI=1S/C13H9F3N2O/c14-13(15,16)9-5-3-8(4-6-9)11-10(12(17)19)2-1-7-18-11/h1-7H,(H2,17,19). The minimum atomic E-state index is -4.39. The number of benzene rings is 1. The second-order valence-corrected chi connectivity index (χ2v) is 3.84. The van der Waals surface area contributed by atoms with E-state index < -0.39 is 17.6 Å². The van der Waals surface area contributed by atoms with E-state index in [1.807, 2.05) is 0 Å². The van der Waals surface area contributed by atoms with E-state index in [1.165, 1.54) is 30.5 Å². The third-order valence-electron chi connectivity index (χ3n) is 2.56. The van der Waals surface area contributed by atoms with Crippen LogP contribution < -0.4 is 5.73 Å². The number of carbonyl (C=O) groups is 1. The number of nitrogens with zero attached hydrogens (tertiary/aromatic N) is 1. The Bertz CT molecular complexity index is 606. The average molecular weight is 266 g/mol. The van der Waals surface area contributed by atoms with Crippen molar-refractivity contribution in [2.24, 2.45) is 5.73 Å². The number of hydrogen-bond acceptors (Lipinski definition) is 2. The van der Waals surface area contributed by atoms with Crippen LogP contribution in [0.1, 0.15) is 15.9 Å². The van der Waals surface area contributed by atoms with Gasteiger partial charge in [-0.05, 0) is 24.3 Å². The van der Waals surface area contributed by atoms with Gasteiger partial charge in [0.15, 0.2) is 0 Å². The first-order valence-electron chi connectivity index (χ1n) is 5.32. The Kier molecular flexibility index (Phi) is 3.25. The highest BCUT2D eigenvalue weighted by molar-refractivity contribution is 5.98. The molecule has 1 heterocycles. The van der Waals surface area contributed by atoms with Gasteiger partial charge in [-0.25, -0.2) is 0 Å². The van der Waals surface area contributed by atoms with E-state index in [4.69, 9.17) is 5.73 Å². The molecule has 98 valence electrons. The van der Waals surface area contributed by atoms with Gasteiger partial charge in [-0.1, -0.05) is 12.1 Å². The lowest BCUT2D eigenvalue weighted by atomic mass is 10.0. The lowest BCUT2D eigenvalue weighted by molar-refractivity contribution is -0.137. The minimum Gasteiger partial charge on any atom is -0.366 e. The maximum absolute atomic E-state index is 12.4. The number of aromatic nitrogens is 1. The number of pyridine rings is 1. The second kappa shape index (κ2) is 4.72. The lowest BCUT2D eigenvalue weighted by Crippen LogP contribution is -2.13. The maximum Gasteiger partial charge on any atom is 0.416 e. The summed E-state index contributed by atoms with van der Waals surface area (Å²) in [5.41, 5.74) is 5.28. The third-order valence-corrected chi connectivity index (χ3v) is 2.56. The fraction of sp³-hybridized carbons (Fsp3) is 0.0769. The first kappa shape index (κ1) is 13.1. The number of amides is 1. The summed E-state index contributed by atoms with van der Waals surface area (Å²) in [5.74, 6) is -0.678. The second-order valence-electron chi connectivity index (χ2n) is 3.84. The molecule has 19 heavy (non-hydrogen) atoms. The minimum absolute atomic E-state index is 0.169. The molecule has 0 aliphatic heterocycles. The predicted molar refractivity (Wildman–Crippen MR) is 63.2 cm³/mol. The third kappa shape index (κ3) is 2.73. The van der Waals surface area contributed by atoms with Gasteiger partial charge in [-0.3, -0.25) is 9.78 Å². The van der Waals surface area contributed by atoms with Crippen LogP contribution in [0.5, 0.6) is 0 Å². The summed E-state index contributed by atoms with van der Waals surface area (Å²) >= 11 is 0. The zero-order valence-electron chi connectivity index (χ0n) is 9.61. The summed E-state index contributed by atoms with van der Waals surface area (Å²) in [5, 5.41) is 0. The molecule has 0 spiro atoms. The quantitative estimate of drug-likeness (QED) is 0.908. The molecule has 0 unspecified atom stereocenters. The highest BCUT2D eigenvalue weighted by Gasteiger charge is 2.30. The van der Waals surface area contributed by atoms with Crippen molar-refractivity contribution in [3.63, 3.8) is 0 Å². The number of carbonyl (C=O) groups excluding carboxylic acids is 1. The maximum atomic E-state index is 12.4. The molecule has 1 amide bonds. The van der Waals surface area contributed by atoms with Gasteiger partial charge in [-0.2, -0.15) is 13.2 Å². The molecule has 2 aromatic rings. The van der Waals surface area contributed by atoms with Gasteiger partial charge in [0.1, 0.15) is 0 Å². The molecule has 6 heteroatoms. The first-order chi connectivity index (χ1) is 8.89. The number of alkyl halides is 3. The monoisotopic (exact) mass is 266 g/mol. The van der Waals surface area contributed by atoms with Crippen LogP contribution in [0.3, 0.4) is 0 Å². The van der Waals surface area contributed by atoms with Gasteiger partial charge in [0.05, 0.1) is 16.8 Å². The Morgan fingerprint density at radius 2 is 1.74 bits per heavy atom. The molecule has 2 N–H and O–H groups in total. The number of nitrogens with two attached hydrogens (primary N) is 1. The van der Waals surface area contributed by atoms with Crippen LogP contribution in [0.4, 0.5) is 13.2 Å². The molecular formula is C13H9F3N2O. The zero-order valence-corrected chi connectivity index (χ0v) is 9.61. The van der Waals surface area contributed by atoms with E-state index in [1.54, 1.807) is 0 Å². The van der Waals surface area contributed by atoms with Crippen LogP contribution in [0.25, 0.3) is 11.3 Å². The van der Waals surface area contributed by atoms with E-state index in [0.29, 0.717) is 5.56 Å². The van der Waals surface area contributed by atoms with Crippen LogP contribution >= 0.6 is 0 Å². The van der Waals surface area contributed by atoms with Gasteiger partial charge in [0.25, 0.3) is 5.91 Å². The Balaban J connectivity index is 2.46. The van der Waals surface area contributed by atoms with Crippen LogP contribution in [-0.2, 0) is 6.18 Å². The molecule has 0 saturated heterocycles. The number of rotatable bonds is 2. The molecule has 0 bridgehead atoms. The first-order valence-corrected chi connectivity index (χ1v) is 5.32. The molecule has 1 aromatic heterocycles. The highest BCUT2D eigenvalue weighted by atomic mass is 19.4. The fourth-order valence-corrected chi connectivity index (χ4v) is 1.65. The molecule has 1 aromatic carbocycles. The van der Waals surface area contributed by atoms with E-state index in [-0.39, 0.29) is 11.3 Å². The van der Waals surface area contributed by atoms with Crippen molar-refractivity contribution in [3.05, 3.63) is 53.7 Å². The van der Waals surface area contributed by atoms with Crippen LogP contribution in [0, 0.1) is 0 Å². The Morgan fingerprint density at radius 3 is 2.26 bits per heavy atom. The largest absolute Gasteiger partial charge is 0.416 e. The topological polar surface area (TPSA) is 56.0 Å². The fourth-order valence-electron chi connectivity index (χ4n) is 1.65. The molecule has 0 saturated carbocycles. The molecule has 0 atom stereocenters. The zero-order chi connectivity index (χ0) is 14.0. The van der Waals surface area contributed by atoms with Crippen molar-refractivity contribution in [1.29, 1.82) is 0 Å². The van der Waals surface area contributed by atoms with Gasteiger partial charge >= 0.3 is 6.18 Å². The van der Waals surface area contributed by atoms with Gasteiger partial charge in [0, 0.05) is 11.8 Å². The smallest absolute Gasteiger partial charge is 0.366 e. The molecule has 0 radical (unpaired) electrons. The van der Waals surface area contributed by atoms with Gasteiger partial charge in [-0.15, -0.1) is 0 Å². The summed E-state index contributed by atoms with van der Waals surface area (Å²) in [7, 11) is 0. The highest BCUT2D eigenvalue weighted by Crippen LogP contribution is 2.31. The molecule has 3 nitrogen and oxygen atoms in total. The molecule has 0 aliphatic rings. The number of primary amides is 1. The van der Waals surface area contributed by atoms with Crippen LogP contribution in [-0.4, -0.2) is 10.9 Å². The molecule has 0 aliphatic carbocycles. The summed E-state index contributed by atoms with van der Waals surface area (Å²) in [6.07, 6.45) is -2.95. The van der Waals surface area contributed by atoms with Crippen molar-refractivity contribution < 1.29 is 18.0 Å². The normalized spacial score (nSPS) is 11.3. The molecule has 0 fully saturated rings. The molecule has 2 rings (SSSR count). The lowest BCUT2D eigenvalue weighted by Gasteiger charge is -2.09. The van der Waals surface area contributed by atoms with E-state index in [2.05, 4.69) is 4.98 Å². The number of halogens is 3. The van der Waals surface area contributed by atoms with Crippen molar-refractivity contribution >= 4 is 5.91 Å². The van der Waals surface area contributed by atoms with Crippen molar-refractivity contribution in [2.75, 3.05) is 0 Å². The summed E-state index contributed by atoms with van der Waals surface area (Å²) in [4.78, 5) is 15.2. The van der Waals surface area contributed by atoms with Crippen molar-refractivity contribution in [2.45, 2.75) is 6.18 Å². The Morgan fingerprint density at radius 1 is 1.11 bits per heavy atom. The Labute approximate surface area is 106 Å².